The van der Waals surface area contributed by atoms with Crippen molar-refractivity contribution >= 4 is 11.8 Å². The van der Waals surface area contributed by atoms with Crippen LogP contribution in [0.2, 0.25) is 0 Å². The summed E-state index contributed by atoms with van der Waals surface area (Å²) >= 11 is 0. The van der Waals surface area contributed by atoms with Gasteiger partial charge >= 0.3 is 0 Å². The summed E-state index contributed by atoms with van der Waals surface area (Å²) in [7, 11) is 3.87. The number of carbonyl (C=O) groups is 2. The van der Waals surface area contributed by atoms with Crippen LogP contribution in [0.4, 0.5) is 0 Å². The van der Waals surface area contributed by atoms with Gasteiger partial charge in [0.05, 0.1) is 0 Å². The first-order valence-corrected chi connectivity index (χ1v) is 6.60. The molecule has 1 heterocycles. The Bertz CT molecular complexity index is 472. The molecule has 0 radical (unpaired) electrons. The van der Waals surface area contributed by atoms with E-state index in [2.05, 4.69) is 15.6 Å². The van der Waals surface area contributed by atoms with Crippen molar-refractivity contribution in [1.29, 1.82) is 0 Å². The molecule has 20 heavy (non-hydrogen) atoms. The van der Waals surface area contributed by atoms with Crippen molar-refractivity contribution in [3.05, 3.63) is 29.6 Å². The number of rotatable bonds is 6. The highest BCUT2D eigenvalue weighted by Gasteiger charge is 2.12. The molecule has 1 aromatic heterocycles. The Labute approximate surface area is 119 Å². The van der Waals surface area contributed by atoms with Gasteiger partial charge < -0.3 is 15.5 Å². The fourth-order valence-electron chi connectivity index (χ4n) is 1.53. The predicted molar refractivity (Wildman–Crippen MR) is 77.7 cm³/mol. The van der Waals surface area contributed by atoms with Gasteiger partial charge in [-0.25, -0.2) is 0 Å². The molecule has 0 spiro atoms. The van der Waals surface area contributed by atoms with Crippen molar-refractivity contribution in [3.8, 4) is 0 Å². The third-order valence-corrected chi connectivity index (χ3v) is 2.52. The molecule has 6 heteroatoms. The molecule has 0 unspecified atom stereocenters. The van der Waals surface area contributed by atoms with E-state index in [9.17, 15) is 9.59 Å². The molecule has 6 nitrogen and oxygen atoms in total. The molecule has 0 bridgehead atoms. The average molecular weight is 278 g/mol. The summed E-state index contributed by atoms with van der Waals surface area (Å²) < 4.78 is 0. The molecular formula is C14H22N4O2. The van der Waals surface area contributed by atoms with E-state index in [1.165, 1.54) is 12.3 Å². The third kappa shape index (κ3) is 5.36. The molecule has 0 saturated carbocycles. The normalized spacial score (nSPS) is 10.7. The molecule has 0 aromatic carbocycles. The highest BCUT2D eigenvalue weighted by atomic mass is 16.2. The average Bonchev–Trinajstić information content (AvgIpc) is 2.37. The molecular weight excluding hydrogens is 256 g/mol. The molecule has 0 saturated heterocycles. The molecule has 0 aliphatic rings. The molecule has 0 fully saturated rings. The first kappa shape index (κ1) is 16.1. The fourth-order valence-corrected chi connectivity index (χ4v) is 1.53. The lowest BCUT2D eigenvalue weighted by atomic mass is 10.2. The largest absolute Gasteiger partial charge is 0.351 e. The SMILES string of the molecule is CC(C)NC(=O)c1cc(C(=O)NCCN(C)C)ccn1. The van der Waals surface area contributed by atoms with E-state index in [1.807, 2.05) is 32.8 Å². The van der Waals surface area contributed by atoms with E-state index >= 15 is 0 Å². The molecule has 0 atom stereocenters. The van der Waals surface area contributed by atoms with E-state index in [0.717, 1.165) is 6.54 Å². The van der Waals surface area contributed by atoms with Crippen LogP contribution in [-0.2, 0) is 0 Å². The highest BCUT2D eigenvalue weighted by molar-refractivity contribution is 5.98. The number of amides is 2. The number of nitrogens with one attached hydrogen (secondary N) is 2. The second-order valence-electron chi connectivity index (χ2n) is 5.12. The summed E-state index contributed by atoms with van der Waals surface area (Å²) in [5.41, 5.74) is 0.687. The monoisotopic (exact) mass is 278 g/mol. The lowest BCUT2D eigenvalue weighted by Gasteiger charge is -2.11. The van der Waals surface area contributed by atoms with Crippen LogP contribution in [0.5, 0.6) is 0 Å². The van der Waals surface area contributed by atoms with Crippen LogP contribution in [0.1, 0.15) is 34.7 Å². The fraction of sp³-hybridized carbons (Fsp3) is 0.500. The predicted octanol–water partition coefficient (Wildman–Crippen LogP) is 0.511. The quantitative estimate of drug-likeness (QED) is 0.795. The second kappa shape index (κ2) is 7.59. The Kier molecular flexibility index (Phi) is 6.11. The van der Waals surface area contributed by atoms with Crippen molar-refractivity contribution in [2.24, 2.45) is 0 Å². The summed E-state index contributed by atoms with van der Waals surface area (Å²) in [4.78, 5) is 29.7. The smallest absolute Gasteiger partial charge is 0.270 e. The number of likely N-dealkylation sites (N-methyl/N-ethyl adjacent to an activating group) is 1. The van der Waals surface area contributed by atoms with E-state index in [4.69, 9.17) is 0 Å². The zero-order chi connectivity index (χ0) is 15.1. The summed E-state index contributed by atoms with van der Waals surface area (Å²) in [6, 6.07) is 3.13. The lowest BCUT2D eigenvalue weighted by Crippen LogP contribution is -2.32. The van der Waals surface area contributed by atoms with Crippen LogP contribution < -0.4 is 10.6 Å². The molecule has 1 aromatic rings. The Balaban J connectivity index is 2.67. The summed E-state index contributed by atoms with van der Waals surface area (Å²) in [5.74, 6) is -0.476. The van der Waals surface area contributed by atoms with Crippen molar-refractivity contribution in [2.45, 2.75) is 19.9 Å². The third-order valence-electron chi connectivity index (χ3n) is 2.52. The Hall–Kier alpha value is -1.95. The summed E-state index contributed by atoms with van der Waals surface area (Å²) in [5, 5.41) is 5.54. The van der Waals surface area contributed by atoms with Gasteiger partial charge in [-0.15, -0.1) is 0 Å². The van der Waals surface area contributed by atoms with Crippen LogP contribution in [0, 0.1) is 0 Å². The van der Waals surface area contributed by atoms with Crippen LogP contribution in [0.3, 0.4) is 0 Å². The first-order valence-electron chi connectivity index (χ1n) is 6.60. The van der Waals surface area contributed by atoms with Gasteiger partial charge in [0.15, 0.2) is 0 Å². The topological polar surface area (TPSA) is 74.3 Å². The standard InChI is InChI=1S/C14H22N4O2/c1-10(2)17-14(20)12-9-11(5-6-15-12)13(19)16-7-8-18(3)4/h5-6,9-10H,7-8H2,1-4H3,(H,16,19)(H,17,20). The second-order valence-corrected chi connectivity index (χ2v) is 5.12. The number of carbonyl (C=O) groups excluding carboxylic acids is 2. The van der Waals surface area contributed by atoms with E-state index in [1.54, 1.807) is 6.07 Å². The maximum atomic E-state index is 11.9. The molecule has 0 aliphatic heterocycles. The van der Waals surface area contributed by atoms with Crippen molar-refractivity contribution in [1.82, 2.24) is 20.5 Å². The summed E-state index contributed by atoms with van der Waals surface area (Å²) in [6.07, 6.45) is 1.47. The molecule has 2 amide bonds. The number of pyridine rings is 1. The van der Waals surface area contributed by atoms with Gasteiger partial charge in [-0.3, -0.25) is 14.6 Å². The zero-order valence-corrected chi connectivity index (χ0v) is 12.4. The number of hydrogen-bond acceptors (Lipinski definition) is 4. The number of hydrogen-bond donors (Lipinski definition) is 2. The van der Waals surface area contributed by atoms with Gasteiger partial charge in [0, 0.05) is 30.9 Å². The zero-order valence-electron chi connectivity index (χ0n) is 12.4. The van der Waals surface area contributed by atoms with Crippen LogP contribution >= 0.6 is 0 Å². The van der Waals surface area contributed by atoms with Gasteiger partial charge in [-0.2, -0.15) is 0 Å². The van der Waals surface area contributed by atoms with Crippen LogP contribution in [-0.4, -0.2) is 54.9 Å². The maximum Gasteiger partial charge on any atom is 0.270 e. The molecule has 1 rings (SSSR count). The van der Waals surface area contributed by atoms with Crippen molar-refractivity contribution in [3.63, 3.8) is 0 Å². The summed E-state index contributed by atoms with van der Waals surface area (Å²) in [6.45, 7) is 5.06. The number of aromatic nitrogens is 1. The number of nitrogens with zero attached hydrogens (tertiary/aromatic N) is 2. The van der Waals surface area contributed by atoms with Crippen molar-refractivity contribution < 1.29 is 9.59 Å². The van der Waals surface area contributed by atoms with Gasteiger partial charge in [0.2, 0.25) is 0 Å². The Morgan fingerprint density at radius 2 is 2.00 bits per heavy atom. The molecule has 2 N–H and O–H groups in total. The first-order chi connectivity index (χ1) is 9.40. The van der Waals surface area contributed by atoms with E-state index < -0.39 is 0 Å². The van der Waals surface area contributed by atoms with Crippen LogP contribution in [0.25, 0.3) is 0 Å². The van der Waals surface area contributed by atoms with Crippen LogP contribution in [0.15, 0.2) is 18.3 Å². The minimum Gasteiger partial charge on any atom is -0.351 e. The van der Waals surface area contributed by atoms with E-state index in [-0.39, 0.29) is 23.6 Å². The Morgan fingerprint density at radius 1 is 1.30 bits per heavy atom. The van der Waals surface area contributed by atoms with Crippen molar-refractivity contribution in [2.75, 3.05) is 27.2 Å². The minimum atomic E-state index is -0.275. The maximum absolute atomic E-state index is 11.9. The van der Waals surface area contributed by atoms with Gasteiger partial charge in [0.1, 0.15) is 5.69 Å². The minimum absolute atomic E-state index is 0.0295. The highest BCUT2D eigenvalue weighted by Crippen LogP contribution is 2.02. The molecule has 110 valence electrons. The van der Waals surface area contributed by atoms with Gasteiger partial charge in [-0.05, 0) is 40.1 Å². The van der Waals surface area contributed by atoms with Gasteiger partial charge in [0.25, 0.3) is 11.8 Å². The van der Waals surface area contributed by atoms with E-state index in [0.29, 0.717) is 12.1 Å². The molecule has 0 aliphatic carbocycles. The lowest BCUT2D eigenvalue weighted by molar-refractivity contribution is 0.0938. The Morgan fingerprint density at radius 3 is 2.60 bits per heavy atom. The van der Waals surface area contributed by atoms with Gasteiger partial charge in [-0.1, -0.05) is 0 Å².